The number of allylic oxidation sites excluding steroid dienone is 1. The van der Waals surface area contributed by atoms with Crippen LogP contribution in [0.15, 0.2) is 61.2 Å². The van der Waals surface area contributed by atoms with E-state index in [1.807, 2.05) is 24.3 Å². The Bertz CT molecular complexity index is 1690. The number of likely N-dealkylation sites (tertiary alicyclic amines) is 1. The smallest absolute Gasteiger partial charge is 0.213 e. The molecule has 1 unspecified atom stereocenters. The third-order valence-corrected chi connectivity index (χ3v) is 9.57. The molecular weight excluding hydrogens is 548 g/mol. The maximum absolute atomic E-state index is 12.4. The van der Waals surface area contributed by atoms with Crippen LogP contribution in [-0.2, 0) is 24.4 Å². The first kappa shape index (κ1) is 28.9. The number of piperidine rings is 1. The number of fused-ring (bicyclic) bond motifs is 1. The molecule has 4 aromatic rings. The van der Waals surface area contributed by atoms with Gasteiger partial charge in [0.25, 0.3) is 0 Å². The molecule has 1 aliphatic carbocycles. The first-order chi connectivity index (χ1) is 21.4. The predicted molar refractivity (Wildman–Crippen MR) is 173 cm³/mol. The number of rotatable bonds is 11. The van der Waals surface area contributed by atoms with Gasteiger partial charge in [0.1, 0.15) is 12.4 Å². The Balaban J connectivity index is 0.979. The highest BCUT2D eigenvalue weighted by Gasteiger charge is 2.30. The molecule has 2 aromatic heterocycles. The first-order valence-electron chi connectivity index (χ1n) is 16.1. The lowest BCUT2D eigenvalue weighted by Gasteiger charge is -2.32. The van der Waals surface area contributed by atoms with Gasteiger partial charge in [-0.05, 0) is 100.0 Å². The molecule has 2 aliphatic heterocycles. The number of carbonyl (C=O) groups excluding carboxylic acids is 1. The van der Waals surface area contributed by atoms with Gasteiger partial charge in [0, 0.05) is 35.8 Å². The molecule has 44 heavy (non-hydrogen) atoms. The summed E-state index contributed by atoms with van der Waals surface area (Å²) in [7, 11) is 0. The van der Waals surface area contributed by atoms with Crippen LogP contribution in [0.1, 0.15) is 83.5 Å². The summed E-state index contributed by atoms with van der Waals surface area (Å²) in [6, 6.07) is 18.6. The fourth-order valence-electron chi connectivity index (χ4n) is 6.46. The van der Waals surface area contributed by atoms with E-state index < -0.39 is 0 Å². The molecule has 228 valence electrons. The second-order valence-corrected chi connectivity index (χ2v) is 12.9. The van der Waals surface area contributed by atoms with Crippen molar-refractivity contribution in [1.82, 2.24) is 19.4 Å². The summed E-state index contributed by atoms with van der Waals surface area (Å²) in [5.74, 6) is 2.69. The summed E-state index contributed by atoms with van der Waals surface area (Å²) in [6.45, 7) is 13.2. The second-order valence-electron chi connectivity index (χ2n) is 12.9. The highest BCUT2D eigenvalue weighted by Crippen LogP contribution is 2.33. The Morgan fingerprint density at radius 3 is 2.50 bits per heavy atom. The SMILES string of the molecule is C=C(C)c1ccc2nc(CN3CCC(c4cccc(OCc5ccc(C(=O)C6CC6)cc5C)n4)CC3)n(CC3CCO3)c2c1. The first-order valence-corrected chi connectivity index (χ1v) is 16.1. The van der Waals surface area contributed by atoms with Gasteiger partial charge in [-0.3, -0.25) is 9.69 Å². The Hall–Kier alpha value is -3.81. The molecule has 7 rings (SSSR count). The second kappa shape index (κ2) is 12.3. The number of imidazole rings is 1. The van der Waals surface area contributed by atoms with Crippen LogP contribution in [0.25, 0.3) is 16.6 Å². The fourth-order valence-corrected chi connectivity index (χ4v) is 6.46. The summed E-state index contributed by atoms with van der Waals surface area (Å²) in [6.07, 6.45) is 5.54. The molecule has 2 aromatic carbocycles. The minimum absolute atomic E-state index is 0.237. The van der Waals surface area contributed by atoms with Crippen molar-refractivity contribution in [3.05, 3.63) is 94.9 Å². The molecule has 4 heterocycles. The number of carbonyl (C=O) groups is 1. The summed E-state index contributed by atoms with van der Waals surface area (Å²) < 4.78 is 14.3. The molecule has 1 atom stereocenters. The Morgan fingerprint density at radius 2 is 1.80 bits per heavy atom. The van der Waals surface area contributed by atoms with Crippen LogP contribution >= 0.6 is 0 Å². The molecule has 1 saturated carbocycles. The van der Waals surface area contributed by atoms with E-state index in [-0.39, 0.29) is 17.8 Å². The van der Waals surface area contributed by atoms with Crippen LogP contribution in [0.3, 0.4) is 0 Å². The Kier molecular flexibility index (Phi) is 8.08. The van der Waals surface area contributed by atoms with Gasteiger partial charge >= 0.3 is 0 Å². The van der Waals surface area contributed by atoms with Gasteiger partial charge in [0.2, 0.25) is 5.88 Å². The van der Waals surface area contributed by atoms with Gasteiger partial charge in [-0.2, -0.15) is 0 Å². The van der Waals surface area contributed by atoms with Gasteiger partial charge < -0.3 is 14.0 Å². The van der Waals surface area contributed by atoms with Crippen molar-refractivity contribution in [2.75, 3.05) is 19.7 Å². The topological polar surface area (TPSA) is 69.5 Å². The predicted octanol–water partition coefficient (Wildman–Crippen LogP) is 7.11. The van der Waals surface area contributed by atoms with Crippen LogP contribution in [0.5, 0.6) is 5.88 Å². The molecule has 0 radical (unpaired) electrons. The highest BCUT2D eigenvalue weighted by atomic mass is 16.5. The van der Waals surface area contributed by atoms with E-state index >= 15 is 0 Å². The van der Waals surface area contributed by atoms with Crippen molar-refractivity contribution in [2.24, 2.45) is 5.92 Å². The zero-order chi connectivity index (χ0) is 30.2. The average Bonchev–Trinajstić information content (AvgIpc) is 3.81. The average molecular weight is 591 g/mol. The molecule has 0 amide bonds. The van der Waals surface area contributed by atoms with E-state index in [2.05, 4.69) is 60.2 Å². The van der Waals surface area contributed by atoms with E-state index in [4.69, 9.17) is 19.4 Å². The van der Waals surface area contributed by atoms with Gasteiger partial charge in [-0.25, -0.2) is 9.97 Å². The molecule has 3 aliphatic rings. The lowest BCUT2D eigenvalue weighted by Crippen LogP contribution is -2.35. The molecule has 7 heteroatoms. The Labute approximate surface area is 259 Å². The number of hydrogen-bond donors (Lipinski definition) is 0. The molecule has 0 spiro atoms. The van der Waals surface area contributed by atoms with Crippen molar-refractivity contribution in [3.8, 4) is 5.88 Å². The van der Waals surface area contributed by atoms with E-state index in [0.29, 0.717) is 18.4 Å². The van der Waals surface area contributed by atoms with E-state index in [1.54, 1.807) is 0 Å². The minimum atomic E-state index is 0.237. The molecule has 2 saturated heterocycles. The summed E-state index contributed by atoms with van der Waals surface area (Å²) >= 11 is 0. The zero-order valence-corrected chi connectivity index (χ0v) is 25.9. The van der Waals surface area contributed by atoms with Crippen LogP contribution in [-0.4, -0.2) is 51.0 Å². The lowest BCUT2D eigenvalue weighted by molar-refractivity contribution is -0.0592. The monoisotopic (exact) mass is 590 g/mol. The molecule has 3 fully saturated rings. The van der Waals surface area contributed by atoms with Gasteiger partial charge in [0.15, 0.2) is 5.78 Å². The van der Waals surface area contributed by atoms with Crippen molar-refractivity contribution >= 4 is 22.4 Å². The number of aryl methyl sites for hydroxylation is 1. The van der Waals surface area contributed by atoms with Crippen LogP contribution < -0.4 is 4.74 Å². The maximum atomic E-state index is 12.4. The van der Waals surface area contributed by atoms with Crippen molar-refractivity contribution in [3.63, 3.8) is 0 Å². The molecule has 0 N–H and O–H groups in total. The third kappa shape index (κ3) is 6.21. The maximum Gasteiger partial charge on any atom is 0.213 e. The molecule has 7 nitrogen and oxygen atoms in total. The van der Waals surface area contributed by atoms with E-state index in [1.165, 1.54) is 5.52 Å². The van der Waals surface area contributed by atoms with Crippen LogP contribution in [0, 0.1) is 12.8 Å². The van der Waals surface area contributed by atoms with Crippen molar-refractivity contribution in [2.45, 2.75) is 77.7 Å². The third-order valence-electron chi connectivity index (χ3n) is 9.57. The molecular formula is C37H42N4O3. The normalized spacial score (nSPS) is 19.2. The van der Waals surface area contributed by atoms with Crippen molar-refractivity contribution < 1.29 is 14.3 Å². The summed E-state index contributed by atoms with van der Waals surface area (Å²) in [5.41, 5.74) is 8.54. The number of ketones is 1. The van der Waals surface area contributed by atoms with Gasteiger partial charge in [0.05, 0.1) is 30.2 Å². The summed E-state index contributed by atoms with van der Waals surface area (Å²) in [4.78, 5) is 24.9. The largest absolute Gasteiger partial charge is 0.473 e. The van der Waals surface area contributed by atoms with Crippen LogP contribution in [0.2, 0.25) is 0 Å². The summed E-state index contributed by atoms with van der Waals surface area (Å²) in [5, 5.41) is 0. The number of nitrogens with zero attached hydrogens (tertiary/aromatic N) is 4. The molecule has 0 bridgehead atoms. The number of hydrogen-bond acceptors (Lipinski definition) is 6. The van der Waals surface area contributed by atoms with Crippen LogP contribution in [0.4, 0.5) is 0 Å². The number of Topliss-reactive ketones (excluding diaryl/α,β-unsaturated/α-hetero) is 1. The number of ether oxygens (including phenoxy) is 2. The van der Waals surface area contributed by atoms with E-state index in [9.17, 15) is 4.79 Å². The standard InChI is InChI=1S/C37H42N4O3/c1-24(2)28-11-12-33-34(20-28)41(21-31-15-18-43-31)35(38-33)22-40-16-13-26(14-17-40)32-5-4-6-36(39-32)44-23-30-10-9-29(19-25(30)3)37(42)27-7-8-27/h4-6,9-12,19-20,26-27,31H,1,7-8,13-18,21-23H2,2-3H3. The van der Waals surface area contributed by atoms with Gasteiger partial charge in [-0.15, -0.1) is 0 Å². The van der Waals surface area contributed by atoms with Crippen molar-refractivity contribution in [1.29, 1.82) is 0 Å². The fraction of sp³-hybridized carbons (Fsp3) is 0.432. The highest BCUT2D eigenvalue weighted by molar-refractivity contribution is 5.99. The Morgan fingerprint density at radius 1 is 1.00 bits per heavy atom. The zero-order valence-electron chi connectivity index (χ0n) is 25.9. The number of aromatic nitrogens is 3. The van der Waals surface area contributed by atoms with Gasteiger partial charge in [-0.1, -0.05) is 36.4 Å². The minimum Gasteiger partial charge on any atom is -0.473 e. The quantitative estimate of drug-likeness (QED) is 0.173. The lowest BCUT2D eigenvalue weighted by atomic mass is 9.93. The van der Waals surface area contributed by atoms with E-state index in [0.717, 1.165) is 110 Å². The number of pyridine rings is 1. The number of benzene rings is 2.